The highest BCUT2D eigenvalue weighted by molar-refractivity contribution is 6.31. The van der Waals surface area contributed by atoms with Crippen molar-refractivity contribution in [2.45, 2.75) is 38.8 Å². The zero-order valence-electron chi connectivity index (χ0n) is 16.9. The molecule has 2 aromatic rings. The quantitative estimate of drug-likeness (QED) is 0.368. The number of likely N-dealkylation sites (tertiary alicyclic amines) is 2. The number of amidine groups is 2. The SMILES string of the molecule is N=C1CCCN1Cc1[nH]c(=O)[nH]c(=O)c1Cl.N=C1CCCN1Cc1[nH]c(=O)[nH]c(=O)c1Cl. The molecule has 0 bridgehead atoms. The first kappa shape index (κ1) is 23.5. The first-order valence-corrected chi connectivity index (χ1v) is 10.6. The molecule has 4 heterocycles. The Bertz CT molecular complexity index is 1160. The minimum absolute atomic E-state index is 0.0145. The van der Waals surface area contributed by atoms with Crippen LogP contribution in [0.2, 0.25) is 10.0 Å². The van der Waals surface area contributed by atoms with E-state index < -0.39 is 22.5 Å². The average Bonchev–Trinajstić information content (AvgIpc) is 3.32. The van der Waals surface area contributed by atoms with Gasteiger partial charge in [-0.05, 0) is 12.8 Å². The third-order valence-electron chi connectivity index (χ3n) is 5.06. The molecule has 6 N–H and O–H groups in total. The van der Waals surface area contributed by atoms with E-state index in [4.69, 9.17) is 34.0 Å². The van der Waals surface area contributed by atoms with E-state index >= 15 is 0 Å². The summed E-state index contributed by atoms with van der Waals surface area (Å²) in [7, 11) is 0. The van der Waals surface area contributed by atoms with Crippen molar-refractivity contribution in [3.63, 3.8) is 0 Å². The van der Waals surface area contributed by atoms with Gasteiger partial charge in [-0.15, -0.1) is 0 Å². The van der Waals surface area contributed by atoms with E-state index in [1.807, 2.05) is 9.97 Å². The van der Waals surface area contributed by atoms with E-state index in [2.05, 4.69) is 9.97 Å². The molecule has 172 valence electrons. The number of hydrogen-bond donors (Lipinski definition) is 6. The van der Waals surface area contributed by atoms with Crippen LogP contribution in [-0.2, 0) is 13.1 Å². The lowest BCUT2D eigenvalue weighted by Crippen LogP contribution is -2.30. The summed E-state index contributed by atoms with van der Waals surface area (Å²) in [4.78, 5) is 57.3. The fourth-order valence-electron chi connectivity index (χ4n) is 3.45. The van der Waals surface area contributed by atoms with E-state index in [0.29, 0.717) is 36.1 Å². The zero-order chi connectivity index (χ0) is 23.4. The van der Waals surface area contributed by atoms with Crippen LogP contribution in [0.4, 0.5) is 0 Å². The van der Waals surface area contributed by atoms with Crippen LogP contribution >= 0.6 is 23.2 Å². The predicted molar refractivity (Wildman–Crippen MR) is 120 cm³/mol. The highest BCUT2D eigenvalue weighted by Crippen LogP contribution is 2.16. The van der Waals surface area contributed by atoms with Crippen LogP contribution in [0.5, 0.6) is 0 Å². The van der Waals surface area contributed by atoms with Gasteiger partial charge in [-0.25, -0.2) is 9.59 Å². The van der Waals surface area contributed by atoms with Crippen LogP contribution in [0.1, 0.15) is 37.1 Å². The Morgan fingerprint density at radius 1 is 0.688 bits per heavy atom. The maximum absolute atomic E-state index is 11.2. The van der Waals surface area contributed by atoms with Crippen LogP contribution in [-0.4, -0.2) is 54.5 Å². The maximum Gasteiger partial charge on any atom is 0.326 e. The third kappa shape index (κ3) is 5.56. The normalized spacial score (nSPS) is 15.8. The standard InChI is InChI=1S/2C9H11ClN4O2/c2*10-7-5(12-9(16)13-8(7)15)4-14-3-1-2-6(14)11/h2*11H,1-4H2,(H2,12,13,15,16). The number of hydrogen-bond acceptors (Lipinski definition) is 6. The van der Waals surface area contributed by atoms with Gasteiger partial charge in [0.15, 0.2) is 0 Å². The fourth-order valence-corrected chi connectivity index (χ4v) is 3.75. The van der Waals surface area contributed by atoms with E-state index in [-0.39, 0.29) is 10.0 Å². The first-order valence-electron chi connectivity index (χ1n) is 9.82. The minimum Gasteiger partial charge on any atom is -0.355 e. The van der Waals surface area contributed by atoms with Crippen molar-refractivity contribution in [1.82, 2.24) is 29.7 Å². The highest BCUT2D eigenvalue weighted by Gasteiger charge is 2.20. The van der Waals surface area contributed by atoms with Crippen molar-refractivity contribution in [2.75, 3.05) is 13.1 Å². The second-order valence-corrected chi connectivity index (χ2v) is 8.10. The highest BCUT2D eigenvalue weighted by atomic mass is 35.5. The molecule has 32 heavy (non-hydrogen) atoms. The summed E-state index contributed by atoms with van der Waals surface area (Å²) < 4.78 is 0. The van der Waals surface area contributed by atoms with E-state index in [0.717, 1.165) is 38.8 Å². The average molecular weight is 485 g/mol. The van der Waals surface area contributed by atoms with Crippen LogP contribution < -0.4 is 22.5 Å². The molecule has 2 aliphatic rings. The summed E-state index contributed by atoms with van der Waals surface area (Å²) in [6.07, 6.45) is 3.30. The van der Waals surface area contributed by atoms with Gasteiger partial charge in [0, 0.05) is 25.9 Å². The maximum atomic E-state index is 11.2. The van der Waals surface area contributed by atoms with Crippen molar-refractivity contribution in [1.29, 1.82) is 10.8 Å². The van der Waals surface area contributed by atoms with Gasteiger partial charge in [0.05, 0.1) is 36.1 Å². The monoisotopic (exact) mass is 484 g/mol. The zero-order valence-corrected chi connectivity index (χ0v) is 18.5. The van der Waals surface area contributed by atoms with Crippen LogP contribution in [0.25, 0.3) is 0 Å². The van der Waals surface area contributed by atoms with Gasteiger partial charge in [0.2, 0.25) is 0 Å². The topological polar surface area (TPSA) is 186 Å². The number of halogens is 2. The molecule has 0 aliphatic carbocycles. The van der Waals surface area contributed by atoms with Crippen molar-refractivity contribution in [3.05, 3.63) is 63.1 Å². The van der Waals surface area contributed by atoms with Gasteiger partial charge in [-0.3, -0.25) is 30.4 Å². The second-order valence-electron chi connectivity index (χ2n) is 7.35. The number of rotatable bonds is 4. The van der Waals surface area contributed by atoms with Crippen molar-refractivity contribution in [2.24, 2.45) is 0 Å². The summed E-state index contributed by atoms with van der Waals surface area (Å²) in [5.74, 6) is 1.02. The molecule has 2 aliphatic heterocycles. The van der Waals surface area contributed by atoms with E-state index in [9.17, 15) is 19.2 Å². The molecule has 12 nitrogen and oxygen atoms in total. The summed E-state index contributed by atoms with van der Waals surface area (Å²) in [6, 6.07) is 0. The molecule has 0 spiro atoms. The number of aromatic nitrogens is 4. The van der Waals surface area contributed by atoms with Gasteiger partial charge < -0.3 is 19.8 Å². The molecule has 0 radical (unpaired) electrons. The fraction of sp³-hybridized carbons (Fsp3) is 0.444. The molecule has 0 unspecified atom stereocenters. The molecular weight excluding hydrogens is 463 g/mol. The lowest BCUT2D eigenvalue weighted by atomic mass is 10.3. The molecule has 2 aromatic heterocycles. The van der Waals surface area contributed by atoms with Crippen LogP contribution in [0.3, 0.4) is 0 Å². The second kappa shape index (κ2) is 10.0. The molecule has 4 rings (SSSR count). The summed E-state index contributed by atoms with van der Waals surface area (Å²) in [5, 5.41) is 15.2. The van der Waals surface area contributed by atoms with E-state index in [1.54, 1.807) is 9.80 Å². The largest absolute Gasteiger partial charge is 0.355 e. The molecule has 2 fully saturated rings. The predicted octanol–water partition coefficient (Wildman–Crippen LogP) is 0.579. The van der Waals surface area contributed by atoms with Gasteiger partial charge in [0.1, 0.15) is 10.0 Å². The smallest absolute Gasteiger partial charge is 0.326 e. The molecule has 2 saturated heterocycles. The lowest BCUT2D eigenvalue weighted by Gasteiger charge is -2.17. The number of H-pyrrole nitrogens is 4. The Balaban J connectivity index is 0.000000181. The Kier molecular flexibility index (Phi) is 7.36. The summed E-state index contributed by atoms with van der Waals surface area (Å²) in [5.41, 5.74) is -1.60. The van der Waals surface area contributed by atoms with Crippen molar-refractivity contribution in [3.8, 4) is 0 Å². The van der Waals surface area contributed by atoms with E-state index in [1.165, 1.54) is 0 Å². The third-order valence-corrected chi connectivity index (χ3v) is 5.86. The molecule has 0 atom stereocenters. The first-order chi connectivity index (χ1) is 15.2. The van der Waals surface area contributed by atoms with Gasteiger partial charge in [-0.1, -0.05) is 23.2 Å². The lowest BCUT2D eigenvalue weighted by molar-refractivity contribution is 0.438. The van der Waals surface area contributed by atoms with Crippen molar-refractivity contribution >= 4 is 34.9 Å². The number of aromatic amines is 4. The Morgan fingerprint density at radius 2 is 1.06 bits per heavy atom. The van der Waals surface area contributed by atoms with Crippen LogP contribution in [0, 0.1) is 10.8 Å². The van der Waals surface area contributed by atoms with Gasteiger partial charge >= 0.3 is 11.4 Å². The molecule has 14 heteroatoms. The molecule has 0 saturated carbocycles. The van der Waals surface area contributed by atoms with Gasteiger partial charge in [-0.2, -0.15) is 0 Å². The molecular formula is C18H22Cl2N8O4. The molecule has 0 aromatic carbocycles. The Labute approximate surface area is 190 Å². The van der Waals surface area contributed by atoms with Crippen LogP contribution in [0.15, 0.2) is 19.2 Å². The van der Waals surface area contributed by atoms with Gasteiger partial charge in [0.25, 0.3) is 11.1 Å². The number of nitrogens with zero attached hydrogens (tertiary/aromatic N) is 2. The Morgan fingerprint density at radius 3 is 1.38 bits per heavy atom. The van der Waals surface area contributed by atoms with Crippen molar-refractivity contribution < 1.29 is 0 Å². The minimum atomic E-state index is -0.592. The number of nitrogens with one attached hydrogen (secondary N) is 6. The molecule has 0 amide bonds. The Hall–Kier alpha value is -3.12. The summed E-state index contributed by atoms with van der Waals surface area (Å²) >= 11 is 11.6. The summed E-state index contributed by atoms with van der Waals surface area (Å²) in [6.45, 7) is 2.11.